The Labute approximate surface area is 83.4 Å². The van der Waals surface area contributed by atoms with Gasteiger partial charge in [0.1, 0.15) is 5.38 Å². The predicted molar refractivity (Wildman–Crippen MR) is 55.9 cm³/mol. The molecule has 0 heterocycles. The van der Waals surface area contributed by atoms with Gasteiger partial charge in [-0.2, -0.15) is 11.8 Å². The summed E-state index contributed by atoms with van der Waals surface area (Å²) in [7, 11) is 0. The molecule has 0 saturated carbocycles. The van der Waals surface area contributed by atoms with Gasteiger partial charge in [0, 0.05) is 6.54 Å². The number of halogens is 1. The molecule has 0 aromatic heterocycles. The molecule has 0 saturated heterocycles. The second-order valence-electron chi connectivity index (χ2n) is 2.50. The lowest BCUT2D eigenvalue weighted by Crippen LogP contribution is -2.31. The van der Waals surface area contributed by atoms with E-state index in [1.807, 2.05) is 6.92 Å². The number of amides is 1. The minimum Gasteiger partial charge on any atom is -0.355 e. The van der Waals surface area contributed by atoms with E-state index < -0.39 is 0 Å². The molecule has 1 amide bonds. The number of nitrogens with one attached hydrogen (secondary N) is 1. The SMILES string of the molecule is CCNC(=O)C(Cl)CCCSC. The zero-order valence-corrected chi connectivity index (χ0v) is 9.17. The molecular formula is C8H16ClNOS. The standard InChI is InChI=1S/C8H16ClNOS/c1-3-10-8(11)7(9)5-4-6-12-2/h7H,3-6H2,1-2H3,(H,10,11). The molecule has 1 N–H and O–H groups in total. The molecule has 1 atom stereocenters. The van der Waals surface area contributed by atoms with Crippen LogP contribution in [0.15, 0.2) is 0 Å². The highest BCUT2D eigenvalue weighted by Crippen LogP contribution is 2.08. The Morgan fingerprint density at radius 1 is 1.67 bits per heavy atom. The van der Waals surface area contributed by atoms with Crippen molar-refractivity contribution in [1.29, 1.82) is 0 Å². The molecular weight excluding hydrogens is 194 g/mol. The molecule has 0 bridgehead atoms. The van der Waals surface area contributed by atoms with Crippen molar-refractivity contribution in [2.24, 2.45) is 0 Å². The average Bonchev–Trinajstić information content (AvgIpc) is 2.05. The topological polar surface area (TPSA) is 29.1 Å². The Morgan fingerprint density at radius 2 is 2.33 bits per heavy atom. The second-order valence-corrected chi connectivity index (χ2v) is 4.01. The highest BCUT2D eigenvalue weighted by atomic mass is 35.5. The molecule has 4 heteroatoms. The third-order valence-electron chi connectivity index (χ3n) is 1.44. The van der Waals surface area contributed by atoms with Crippen molar-refractivity contribution in [3.8, 4) is 0 Å². The first-order chi connectivity index (χ1) is 5.72. The number of hydrogen-bond donors (Lipinski definition) is 1. The lowest BCUT2D eigenvalue weighted by atomic mass is 10.2. The number of hydrogen-bond acceptors (Lipinski definition) is 2. The third kappa shape index (κ3) is 5.72. The van der Waals surface area contributed by atoms with Crippen LogP contribution in [-0.2, 0) is 4.79 Å². The molecule has 0 radical (unpaired) electrons. The van der Waals surface area contributed by atoms with Gasteiger partial charge in [0.2, 0.25) is 5.91 Å². The molecule has 0 aromatic carbocycles. The maximum absolute atomic E-state index is 11.1. The van der Waals surface area contributed by atoms with Crippen LogP contribution in [0.1, 0.15) is 19.8 Å². The fourth-order valence-corrected chi connectivity index (χ4v) is 1.51. The maximum Gasteiger partial charge on any atom is 0.238 e. The van der Waals surface area contributed by atoms with E-state index >= 15 is 0 Å². The van der Waals surface area contributed by atoms with Gasteiger partial charge in [-0.1, -0.05) is 0 Å². The Balaban J connectivity index is 3.42. The summed E-state index contributed by atoms with van der Waals surface area (Å²) in [6, 6.07) is 0. The van der Waals surface area contributed by atoms with Crippen LogP contribution in [0.3, 0.4) is 0 Å². The van der Waals surface area contributed by atoms with E-state index in [0.29, 0.717) is 6.54 Å². The lowest BCUT2D eigenvalue weighted by Gasteiger charge is -2.07. The van der Waals surface area contributed by atoms with Crippen LogP contribution in [0, 0.1) is 0 Å². The van der Waals surface area contributed by atoms with Crippen LogP contribution < -0.4 is 5.32 Å². The van der Waals surface area contributed by atoms with Gasteiger partial charge < -0.3 is 5.32 Å². The summed E-state index contributed by atoms with van der Waals surface area (Å²) in [5, 5.41) is 2.34. The van der Waals surface area contributed by atoms with E-state index in [4.69, 9.17) is 11.6 Å². The van der Waals surface area contributed by atoms with Crippen molar-refractivity contribution >= 4 is 29.3 Å². The number of carbonyl (C=O) groups excluding carboxylic acids is 1. The van der Waals surface area contributed by atoms with E-state index in [1.165, 1.54) is 0 Å². The highest BCUT2D eigenvalue weighted by molar-refractivity contribution is 7.98. The van der Waals surface area contributed by atoms with Crippen LogP contribution in [0.25, 0.3) is 0 Å². The number of carbonyl (C=O) groups is 1. The first-order valence-electron chi connectivity index (χ1n) is 4.13. The quantitative estimate of drug-likeness (QED) is 0.535. The Kier molecular flexibility index (Phi) is 7.81. The molecule has 0 fully saturated rings. The normalized spacial score (nSPS) is 12.6. The molecule has 0 rings (SSSR count). The van der Waals surface area contributed by atoms with Crippen LogP contribution in [-0.4, -0.2) is 29.8 Å². The van der Waals surface area contributed by atoms with Gasteiger partial charge in [-0.3, -0.25) is 4.79 Å². The molecule has 0 aliphatic carbocycles. The Bertz CT molecular complexity index is 132. The van der Waals surface area contributed by atoms with E-state index in [-0.39, 0.29) is 11.3 Å². The minimum atomic E-state index is -0.350. The predicted octanol–water partition coefficient (Wildman–Crippen LogP) is 1.87. The van der Waals surface area contributed by atoms with E-state index in [1.54, 1.807) is 11.8 Å². The molecule has 0 aliphatic rings. The van der Waals surface area contributed by atoms with Gasteiger partial charge in [-0.25, -0.2) is 0 Å². The largest absolute Gasteiger partial charge is 0.355 e. The first-order valence-corrected chi connectivity index (χ1v) is 5.96. The van der Waals surface area contributed by atoms with Crippen LogP contribution in [0.4, 0.5) is 0 Å². The van der Waals surface area contributed by atoms with Crippen molar-refractivity contribution in [3.63, 3.8) is 0 Å². The zero-order valence-electron chi connectivity index (χ0n) is 7.60. The fourth-order valence-electron chi connectivity index (χ4n) is 0.823. The minimum absolute atomic E-state index is 0.0414. The van der Waals surface area contributed by atoms with Gasteiger partial charge in [-0.05, 0) is 31.8 Å². The van der Waals surface area contributed by atoms with Gasteiger partial charge in [0.05, 0.1) is 0 Å². The molecule has 72 valence electrons. The molecule has 0 aliphatic heterocycles. The molecule has 2 nitrogen and oxygen atoms in total. The van der Waals surface area contributed by atoms with E-state index in [2.05, 4.69) is 11.6 Å². The molecule has 1 unspecified atom stereocenters. The van der Waals surface area contributed by atoms with Crippen molar-refractivity contribution in [3.05, 3.63) is 0 Å². The van der Waals surface area contributed by atoms with E-state index in [9.17, 15) is 4.79 Å². The third-order valence-corrected chi connectivity index (χ3v) is 2.55. The van der Waals surface area contributed by atoms with Crippen molar-refractivity contribution in [2.75, 3.05) is 18.6 Å². The van der Waals surface area contributed by atoms with Crippen LogP contribution in [0.5, 0.6) is 0 Å². The summed E-state index contributed by atoms with van der Waals surface area (Å²) in [6.07, 6.45) is 3.83. The fraction of sp³-hybridized carbons (Fsp3) is 0.875. The summed E-state index contributed by atoms with van der Waals surface area (Å²) in [4.78, 5) is 11.1. The van der Waals surface area contributed by atoms with Gasteiger partial charge in [0.15, 0.2) is 0 Å². The summed E-state index contributed by atoms with van der Waals surface area (Å²) >= 11 is 7.60. The van der Waals surface area contributed by atoms with Crippen LogP contribution in [0.2, 0.25) is 0 Å². The van der Waals surface area contributed by atoms with Crippen molar-refractivity contribution in [1.82, 2.24) is 5.32 Å². The smallest absolute Gasteiger partial charge is 0.238 e. The molecule has 0 aromatic rings. The monoisotopic (exact) mass is 209 g/mol. The van der Waals surface area contributed by atoms with Crippen molar-refractivity contribution < 1.29 is 4.79 Å². The van der Waals surface area contributed by atoms with Gasteiger partial charge >= 0.3 is 0 Å². The second kappa shape index (κ2) is 7.74. The molecule has 0 spiro atoms. The zero-order chi connectivity index (χ0) is 9.40. The number of rotatable bonds is 6. The Hall–Kier alpha value is 0.110. The summed E-state index contributed by atoms with van der Waals surface area (Å²) < 4.78 is 0. The average molecular weight is 210 g/mol. The van der Waals surface area contributed by atoms with Gasteiger partial charge in [-0.15, -0.1) is 11.6 Å². The summed E-state index contributed by atoms with van der Waals surface area (Å²) in [5.41, 5.74) is 0. The Morgan fingerprint density at radius 3 is 2.83 bits per heavy atom. The summed E-state index contributed by atoms with van der Waals surface area (Å²) in [5.74, 6) is 1.03. The first kappa shape index (κ1) is 12.1. The van der Waals surface area contributed by atoms with Gasteiger partial charge in [0.25, 0.3) is 0 Å². The number of alkyl halides is 1. The molecule has 12 heavy (non-hydrogen) atoms. The van der Waals surface area contributed by atoms with Crippen LogP contribution >= 0.6 is 23.4 Å². The van der Waals surface area contributed by atoms with Crippen molar-refractivity contribution in [2.45, 2.75) is 25.1 Å². The lowest BCUT2D eigenvalue weighted by molar-refractivity contribution is -0.120. The van der Waals surface area contributed by atoms with E-state index in [0.717, 1.165) is 18.6 Å². The highest BCUT2D eigenvalue weighted by Gasteiger charge is 2.12. The maximum atomic E-state index is 11.1. The summed E-state index contributed by atoms with van der Waals surface area (Å²) in [6.45, 7) is 2.55. The number of thioether (sulfide) groups is 1.